The van der Waals surface area contributed by atoms with E-state index in [9.17, 15) is 0 Å². The smallest absolute Gasteiger partial charge is 0.0711 e. The highest BCUT2D eigenvalue weighted by Gasteiger charge is 2.47. The van der Waals surface area contributed by atoms with Gasteiger partial charge in [-0.05, 0) is 110 Å². The molecule has 0 radical (unpaired) electrons. The van der Waals surface area contributed by atoms with Crippen molar-refractivity contribution in [3.05, 3.63) is 234 Å². The molecule has 0 heterocycles. The molecule has 2 nitrogen and oxygen atoms in total. The number of aliphatic imine (C=N–C) groups is 1. The van der Waals surface area contributed by atoms with Crippen LogP contribution in [0.2, 0.25) is 0 Å². The molecule has 2 aliphatic rings. The molecule has 0 fully saturated rings. The first-order valence-corrected chi connectivity index (χ1v) is 17.8. The Hall–Kier alpha value is -6.51. The normalized spacial score (nSPS) is 15.4. The zero-order valence-corrected chi connectivity index (χ0v) is 29.4. The predicted octanol–water partition coefficient (Wildman–Crippen LogP) is 12.1. The summed E-state index contributed by atoms with van der Waals surface area (Å²) in [6, 6.07) is 53.2. The predicted molar refractivity (Wildman–Crippen MR) is 221 cm³/mol. The van der Waals surface area contributed by atoms with E-state index in [4.69, 9.17) is 17.3 Å². The lowest BCUT2D eigenvalue weighted by Gasteiger charge is -2.36. The summed E-state index contributed by atoms with van der Waals surface area (Å²) in [6.45, 7) is 11.5. The summed E-state index contributed by atoms with van der Waals surface area (Å²) in [5.41, 5.74) is 22.8. The summed E-state index contributed by atoms with van der Waals surface area (Å²) in [7, 11) is 0. The summed E-state index contributed by atoms with van der Waals surface area (Å²) in [5, 5.41) is 0. The number of fused-ring (bicyclic) bond motifs is 7. The lowest BCUT2D eigenvalue weighted by Crippen LogP contribution is -2.30. The van der Waals surface area contributed by atoms with Crippen LogP contribution in [0.3, 0.4) is 0 Å². The average molecular weight is 669 g/mol. The molecule has 0 bridgehead atoms. The topological polar surface area (TPSA) is 38.4 Å². The number of rotatable bonds is 6. The van der Waals surface area contributed by atoms with Crippen molar-refractivity contribution in [2.45, 2.75) is 18.8 Å². The lowest BCUT2D eigenvalue weighted by molar-refractivity contribution is 0.760. The minimum absolute atomic E-state index is 0.629. The molecule has 8 rings (SSSR count). The van der Waals surface area contributed by atoms with Crippen molar-refractivity contribution in [1.82, 2.24) is 0 Å². The lowest BCUT2D eigenvalue weighted by atomic mass is 9.65. The third-order valence-electron chi connectivity index (χ3n) is 10.4. The van der Waals surface area contributed by atoms with Crippen LogP contribution in [0.1, 0.15) is 40.3 Å². The Balaban J connectivity index is 1.33. The summed E-state index contributed by atoms with van der Waals surface area (Å²) in [5.74, 6) is 0. The van der Waals surface area contributed by atoms with Gasteiger partial charge in [-0.25, -0.2) is 0 Å². The summed E-state index contributed by atoms with van der Waals surface area (Å²) in [6.07, 6.45) is 9.56. The van der Waals surface area contributed by atoms with Crippen molar-refractivity contribution in [1.29, 1.82) is 0 Å². The van der Waals surface area contributed by atoms with Crippen molar-refractivity contribution in [3.8, 4) is 22.3 Å². The number of hydrogen-bond donors (Lipinski definition) is 1. The maximum atomic E-state index is 6.28. The third-order valence-corrected chi connectivity index (χ3v) is 10.4. The molecular weight excluding hydrogens is 629 g/mol. The largest absolute Gasteiger partial charge is 0.399 e. The zero-order valence-electron chi connectivity index (χ0n) is 29.4. The van der Waals surface area contributed by atoms with Gasteiger partial charge in [0.2, 0.25) is 0 Å². The average Bonchev–Trinajstić information content (AvgIpc) is 3.51. The molecule has 0 aliphatic heterocycles. The second kappa shape index (κ2) is 13.7. The molecule has 2 N–H and O–H groups in total. The van der Waals surface area contributed by atoms with Gasteiger partial charge in [-0.1, -0.05) is 159 Å². The summed E-state index contributed by atoms with van der Waals surface area (Å²) < 4.78 is 0. The number of benzene rings is 6. The van der Waals surface area contributed by atoms with Crippen LogP contribution in [0, 0.1) is 0 Å². The van der Waals surface area contributed by atoms with Crippen LogP contribution in [0.4, 0.5) is 5.69 Å². The highest BCUT2D eigenvalue weighted by molar-refractivity contribution is 6.05. The second-order valence-electron chi connectivity index (χ2n) is 13.6. The molecule has 0 saturated carbocycles. The molecule has 6 aromatic rings. The molecular formula is C50H40N2. The van der Waals surface area contributed by atoms with Crippen LogP contribution in [-0.2, 0) is 11.8 Å². The van der Waals surface area contributed by atoms with Crippen molar-refractivity contribution < 1.29 is 0 Å². The molecule has 250 valence electrons. The maximum absolute atomic E-state index is 6.28. The minimum Gasteiger partial charge on any atom is -0.399 e. The third kappa shape index (κ3) is 5.79. The van der Waals surface area contributed by atoms with E-state index in [-0.39, 0.29) is 0 Å². The van der Waals surface area contributed by atoms with Gasteiger partial charge in [-0.15, -0.1) is 0 Å². The first kappa shape index (κ1) is 32.7. The van der Waals surface area contributed by atoms with Gasteiger partial charge in [0.15, 0.2) is 0 Å². The van der Waals surface area contributed by atoms with Crippen LogP contribution < -0.4 is 5.73 Å². The minimum atomic E-state index is -0.629. The highest BCUT2D eigenvalue weighted by Crippen LogP contribution is 2.57. The van der Waals surface area contributed by atoms with Crippen molar-refractivity contribution in [3.63, 3.8) is 0 Å². The van der Waals surface area contributed by atoms with E-state index in [1.165, 1.54) is 33.4 Å². The monoisotopic (exact) mass is 668 g/mol. The van der Waals surface area contributed by atoms with Gasteiger partial charge in [0, 0.05) is 17.0 Å². The van der Waals surface area contributed by atoms with Gasteiger partial charge in [0.05, 0.1) is 11.1 Å². The summed E-state index contributed by atoms with van der Waals surface area (Å²) in [4.78, 5) is 5.33. The molecule has 0 aromatic heterocycles. The van der Waals surface area contributed by atoms with E-state index < -0.39 is 5.41 Å². The van der Waals surface area contributed by atoms with Crippen LogP contribution in [0.25, 0.3) is 33.5 Å². The Labute approximate surface area is 307 Å². The molecule has 1 spiro atoms. The molecule has 0 unspecified atom stereocenters. The van der Waals surface area contributed by atoms with E-state index in [0.717, 1.165) is 62.5 Å². The van der Waals surface area contributed by atoms with Crippen LogP contribution in [0.15, 0.2) is 205 Å². The van der Waals surface area contributed by atoms with Gasteiger partial charge in [-0.3, -0.25) is 4.99 Å². The fraction of sp³-hybridized carbons (Fsp3) is 0.0600. The quantitative estimate of drug-likeness (QED) is 0.107. The molecule has 6 aromatic carbocycles. The Morgan fingerprint density at radius 2 is 1.29 bits per heavy atom. The van der Waals surface area contributed by atoms with E-state index in [1.54, 1.807) is 0 Å². The first-order valence-electron chi connectivity index (χ1n) is 17.8. The highest BCUT2D eigenvalue weighted by atomic mass is 14.8. The number of nitrogens with zero attached hydrogens (tertiary/aromatic N) is 1. The Morgan fingerprint density at radius 3 is 1.96 bits per heavy atom. The maximum Gasteiger partial charge on any atom is 0.0711 e. The SMILES string of the molecule is C=C(/C=C(\N=C(/C)C1=CC(=C)C2(c3cc(-c4cccc(N)c4)ccc3C/C=C\1)c1ccccc1-c1ccccc12)c1ccccc1)c1ccccc1. The number of hydrogen-bond acceptors (Lipinski definition) is 2. The second-order valence-corrected chi connectivity index (χ2v) is 13.6. The molecule has 2 heteroatoms. The molecule has 0 saturated heterocycles. The van der Waals surface area contributed by atoms with Crippen LogP contribution in [0.5, 0.6) is 0 Å². The molecule has 0 amide bonds. The van der Waals surface area contributed by atoms with Crippen molar-refractivity contribution in [2.24, 2.45) is 4.99 Å². The zero-order chi connectivity index (χ0) is 35.7. The van der Waals surface area contributed by atoms with Crippen molar-refractivity contribution >= 4 is 22.7 Å². The molecule has 0 atom stereocenters. The van der Waals surface area contributed by atoms with E-state index in [2.05, 4.69) is 141 Å². The Morgan fingerprint density at radius 1 is 0.673 bits per heavy atom. The van der Waals surface area contributed by atoms with E-state index >= 15 is 0 Å². The van der Waals surface area contributed by atoms with E-state index in [1.807, 2.05) is 48.5 Å². The number of anilines is 1. The van der Waals surface area contributed by atoms with Gasteiger partial charge in [-0.2, -0.15) is 0 Å². The van der Waals surface area contributed by atoms with Crippen LogP contribution in [-0.4, -0.2) is 5.71 Å². The first-order chi connectivity index (χ1) is 25.4. The standard InChI is InChI=1S/C50H40N2/c1-34(37-16-6-4-7-17-37)30-49(39-18-8-5-9-19-39)52-36(3)40-21-14-20-38-28-29-42(41-22-15-23-43(51)32-41)33-48(38)50(35(2)31-40)46-26-12-10-24-44(46)45-25-11-13-27-47(45)50/h4-19,21-33H,1-2,20,51H2,3H3/b21-14-,40-31?,49-30-,52-36+. The van der Waals surface area contributed by atoms with E-state index in [0.29, 0.717) is 0 Å². The van der Waals surface area contributed by atoms with Gasteiger partial charge in [0.25, 0.3) is 0 Å². The molecule has 2 aliphatic carbocycles. The van der Waals surface area contributed by atoms with Gasteiger partial charge in [0.1, 0.15) is 0 Å². The number of allylic oxidation sites excluding steroid dienone is 7. The Bertz CT molecular complexity index is 2430. The fourth-order valence-electron chi connectivity index (χ4n) is 7.86. The van der Waals surface area contributed by atoms with Crippen molar-refractivity contribution in [2.75, 3.05) is 5.73 Å². The summed E-state index contributed by atoms with van der Waals surface area (Å²) >= 11 is 0. The fourth-order valence-corrected chi connectivity index (χ4v) is 7.86. The van der Waals surface area contributed by atoms with Crippen LogP contribution >= 0.6 is 0 Å². The number of nitrogen functional groups attached to an aromatic ring is 1. The van der Waals surface area contributed by atoms with Gasteiger partial charge < -0.3 is 5.73 Å². The number of nitrogens with two attached hydrogens (primary N) is 1. The Kier molecular flexibility index (Phi) is 8.58. The molecule has 52 heavy (non-hydrogen) atoms. The van der Waals surface area contributed by atoms with Gasteiger partial charge >= 0.3 is 0 Å².